The third-order valence-electron chi connectivity index (χ3n) is 4.63. The fourth-order valence-electron chi connectivity index (χ4n) is 2.99. The molecule has 0 unspecified atom stereocenters. The van der Waals surface area contributed by atoms with Gasteiger partial charge in [0.25, 0.3) is 0 Å². The number of aromatic nitrogens is 3. The van der Waals surface area contributed by atoms with Gasteiger partial charge in [-0.05, 0) is 31.2 Å². The van der Waals surface area contributed by atoms with Gasteiger partial charge in [-0.25, -0.2) is 15.0 Å². The topological polar surface area (TPSA) is 108 Å². The van der Waals surface area contributed by atoms with Crippen LogP contribution in [0.4, 0.5) is 0 Å². The predicted octanol–water partition coefficient (Wildman–Crippen LogP) is 4.23. The van der Waals surface area contributed by atoms with E-state index in [2.05, 4.69) is 15.0 Å². The highest BCUT2D eigenvalue weighted by Crippen LogP contribution is 2.22. The van der Waals surface area contributed by atoms with Crippen LogP contribution in [0.3, 0.4) is 0 Å². The predicted molar refractivity (Wildman–Crippen MR) is 115 cm³/mol. The third kappa shape index (κ3) is 5.28. The second-order valence-electron chi connectivity index (χ2n) is 7.01. The summed E-state index contributed by atoms with van der Waals surface area (Å²) in [6.07, 6.45) is 3.05. The Hall–Kier alpha value is -4.20. The third-order valence-corrected chi connectivity index (χ3v) is 4.63. The summed E-state index contributed by atoms with van der Waals surface area (Å²) in [6.45, 7) is 2.29. The molecule has 4 aromatic rings. The Balaban J connectivity index is 1.34. The molecule has 4 rings (SSSR count). The quantitative estimate of drug-likeness (QED) is 0.420. The van der Waals surface area contributed by atoms with E-state index in [4.69, 9.17) is 19.0 Å². The lowest BCUT2D eigenvalue weighted by Crippen LogP contribution is -2.06. The Bertz CT molecular complexity index is 1190. The summed E-state index contributed by atoms with van der Waals surface area (Å²) in [5.74, 6) is 1.05. The number of nitrogens with zero attached hydrogens (tertiary/aromatic N) is 3. The smallest absolute Gasteiger partial charge is 0.308 e. The standard InChI is InChI=1S/C24H21N3O5/c1-16-20(27-24(32-16)18-6-3-2-4-7-18)15-30-21-10-9-17(13-26-21)14-31-23-19(12-22(28)29)8-5-11-25-23/h2-11,13H,12,14-15H2,1H3,(H,28,29). The zero-order valence-corrected chi connectivity index (χ0v) is 17.4. The van der Waals surface area contributed by atoms with Gasteiger partial charge in [-0.1, -0.05) is 24.3 Å². The maximum absolute atomic E-state index is 11.0. The van der Waals surface area contributed by atoms with Gasteiger partial charge in [-0.3, -0.25) is 4.79 Å². The molecule has 1 aromatic carbocycles. The van der Waals surface area contributed by atoms with Crippen molar-refractivity contribution in [3.63, 3.8) is 0 Å². The number of oxazole rings is 1. The molecular formula is C24H21N3O5. The summed E-state index contributed by atoms with van der Waals surface area (Å²) in [5, 5.41) is 9.00. The minimum absolute atomic E-state index is 0.151. The van der Waals surface area contributed by atoms with Crippen molar-refractivity contribution in [1.82, 2.24) is 15.0 Å². The Labute approximate surface area is 184 Å². The molecule has 1 N–H and O–H groups in total. The lowest BCUT2D eigenvalue weighted by molar-refractivity contribution is -0.136. The van der Waals surface area contributed by atoms with Gasteiger partial charge in [0.05, 0.1) is 6.42 Å². The summed E-state index contributed by atoms with van der Waals surface area (Å²) in [6, 6.07) is 16.6. The van der Waals surface area contributed by atoms with Gasteiger partial charge >= 0.3 is 5.97 Å². The molecule has 8 heteroatoms. The maximum atomic E-state index is 11.0. The lowest BCUT2D eigenvalue weighted by Gasteiger charge is -2.09. The van der Waals surface area contributed by atoms with Crippen LogP contribution in [0, 0.1) is 6.92 Å². The van der Waals surface area contributed by atoms with Crippen LogP contribution in [0.1, 0.15) is 22.6 Å². The minimum Gasteiger partial charge on any atom is -0.481 e. The van der Waals surface area contributed by atoms with E-state index in [1.54, 1.807) is 30.6 Å². The molecule has 0 radical (unpaired) electrons. The first-order valence-corrected chi connectivity index (χ1v) is 9.96. The Morgan fingerprint density at radius 2 is 1.84 bits per heavy atom. The molecule has 3 aromatic heterocycles. The van der Waals surface area contributed by atoms with E-state index in [1.807, 2.05) is 43.3 Å². The molecule has 0 atom stereocenters. The van der Waals surface area contributed by atoms with Crippen LogP contribution in [-0.4, -0.2) is 26.0 Å². The molecule has 0 fully saturated rings. The molecule has 0 saturated heterocycles. The molecule has 0 amide bonds. The van der Waals surface area contributed by atoms with E-state index in [0.717, 1.165) is 11.1 Å². The van der Waals surface area contributed by atoms with Gasteiger partial charge in [0.2, 0.25) is 17.7 Å². The van der Waals surface area contributed by atoms with Crippen molar-refractivity contribution in [2.45, 2.75) is 26.6 Å². The van der Waals surface area contributed by atoms with Crippen LogP contribution in [0.5, 0.6) is 11.8 Å². The largest absolute Gasteiger partial charge is 0.481 e. The first-order chi connectivity index (χ1) is 15.6. The monoisotopic (exact) mass is 431 g/mol. The maximum Gasteiger partial charge on any atom is 0.308 e. The van der Waals surface area contributed by atoms with Gasteiger partial charge in [0.1, 0.15) is 24.7 Å². The number of benzene rings is 1. The molecular weight excluding hydrogens is 410 g/mol. The highest BCUT2D eigenvalue weighted by molar-refractivity contribution is 5.70. The van der Waals surface area contributed by atoms with Crippen molar-refractivity contribution < 1.29 is 23.8 Å². The number of aryl methyl sites for hydroxylation is 1. The van der Waals surface area contributed by atoms with Crippen LogP contribution < -0.4 is 9.47 Å². The van der Waals surface area contributed by atoms with Crippen LogP contribution in [0.2, 0.25) is 0 Å². The number of hydrogen-bond donors (Lipinski definition) is 1. The fourth-order valence-corrected chi connectivity index (χ4v) is 2.99. The summed E-state index contributed by atoms with van der Waals surface area (Å²) in [7, 11) is 0. The van der Waals surface area contributed by atoms with Crippen molar-refractivity contribution in [3.05, 3.63) is 89.6 Å². The number of aliphatic carboxylic acids is 1. The van der Waals surface area contributed by atoms with Gasteiger partial charge in [0.15, 0.2) is 0 Å². The Kier molecular flexibility index (Phi) is 6.41. The number of carbonyl (C=O) groups is 1. The van der Waals surface area contributed by atoms with E-state index < -0.39 is 5.97 Å². The number of hydrogen-bond acceptors (Lipinski definition) is 7. The van der Waals surface area contributed by atoms with Crippen molar-refractivity contribution in [1.29, 1.82) is 0 Å². The SMILES string of the molecule is Cc1oc(-c2ccccc2)nc1COc1ccc(COc2ncccc2CC(=O)O)cn1. The summed E-state index contributed by atoms with van der Waals surface area (Å²) in [4.78, 5) is 23.9. The average molecular weight is 431 g/mol. The highest BCUT2D eigenvalue weighted by Gasteiger charge is 2.12. The summed E-state index contributed by atoms with van der Waals surface area (Å²) in [5.41, 5.74) is 2.93. The van der Waals surface area contributed by atoms with E-state index in [1.165, 1.54) is 0 Å². The molecule has 162 valence electrons. The average Bonchev–Trinajstić information content (AvgIpc) is 3.18. The minimum atomic E-state index is -0.941. The molecule has 0 aliphatic rings. The van der Waals surface area contributed by atoms with Crippen molar-refractivity contribution in [2.24, 2.45) is 0 Å². The number of carboxylic acids is 1. The molecule has 3 heterocycles. The van der Waals surface area contributed by atoms with Crippen molar-refractivity contribution in [3.8, 4) is 23.2 Å². The Morgan fingerprint density at radius 3 is 2.59 bits per heavy atom. The Morgan fingerprint density at radius 1 is 1.00 bits per heavy atom. The molecule has 0 aliphatic heterocycles. The lowest BCUT2D eigenvalue weighted by atomic mass is 10.2. The molecule has 32 heavy (non-hydrogen) atoms. The first kappa shape index (κ1) is 21.0. The summed E-state index contributed by atoms with van der Waals surface area (Å²) < 4.78 is 17.2. The first-order valence-electron chi connectivity index (χ1n) is 9.96. The number of carboxylic acid groups (broad SMARTS) is 1. The zero-order chi connectivity index (χ0) is 22.3. The normalized spacial score (nSPS) is 10.7. The van der Waals surface area contributed by atoms with Crippen molar-refractivity contribution in [2.75, 3.05) is 0 Å². The molecule has 0 bridgehead atoms. The van der Waals surface area contributed by atoms with E-state index in [0.29, 0.717) is 34.7 Å². The second kappa shape index (κ2) is 9.74. The van der Waals surface area contributed by atoms with Crippen LogP contribution >= 0.6 is 0 Å². The molecule has 0 spiro atoms. The van der Waals surface area contributed by atoms with Gasteiger partial charge in [-0.2, -0.15) is 0 Å². The fraction of sp³-hybridized carbons (Fsp3) is 0.167. The van der Waals surface area contributed by atoms with E-state index in [9.17, 15) is 4.79 Å². The van der Waals surface area contributed by atoms with Gasteiger partial charge in [0, 0.05) is 35.2 Å². The number of ether oxygens (including phenoxy) is 2. The van der Waals surface area contributed by atoms with Gasteiger partial charge in [-0.15, -0.1) is 0 Å². The summed E-state index contributed by atoms with van der Waals surface area (Å²) >= 11 is 0. The van der Waals surface area contributed by atoms with Crippen molar-refractivity contribution >= 4 is 5.97 Å². The highest BCUT2D eigenvalue weighted by atomic mass is 16.5. The van der Waals surface area contributed by atoms with Crippen LogP contribution in [0.15, 0.2) is 71.4 Å². The van der Waals surface area contributed by atoms with E-state index in [-0.39, 0.29) is 19.6 Å². The number of rotatable bonds is 9. The molecule has 0 saturated carbocycles. The second-order valence-corrected chi connectivity index (χ2v) is 7.01. The molecule has 0 aliphatic carbocycles. The van der Waals surface area contributed by atoms with Crippen LogP contribution in [-0.2, 0) is 24.4 Å². The zero-order valence-electron chi connectivity index (χ0n) is 17.4. The van der Waals surface area contributed by atoms with Crippen LogP contribution in [0.25, 0.3) is 11.5 Å². The van der Waals surface area contributed by atoms with E-state index >= 15 is 0 Å². The van der Waals surface area contributed by atoms with Gasteiger partial charge < -0.3 is 19.0 Å². The number of pyridine rings is 2. The molecule has 8 nitrogen and oxygen atoms in total.